The number of pyridine rings is 1. The van der Waals surface area contributed by atoms with E-state index in [1.807, 2.05) is 0 Å². The summed E-state index contributed by atoms with van der Waals surface area (Å²) in [6.45, 7) is 1.77. The van der Waals surface area contributed by atoms with E-state index in [4.69, 9.17) is 4.74 Å². The lowest BCUT2D eigenvalue weighted by atomic mass is 10.1. The van der Waals surface area contributed by atoms with Crippen LogP contribution in [0.3, 0.4) is 0 Å². The van der Waals surface area contributed by atoms with Crippen LogP contribution in [0, 0.1) is 6.92 Å². The summed E-state index contributed by atoms with van der Waals surface area (Å²) in [5.74, 6) is 0.387. The minimum Gasteiger partial charge on any atom is -0.485 e. The maximum absolute atomic E-state index is 12.5. The number of nitrogens with zero attached hydrogens (tertiary/aromatic N) is 2. The van der Waals surface area contributed by atoms with Gasteiger partial charge in [0.1, 0.15) is 6.61 Å². The van der Waals surface area contributed by atoms with Crippen LogP contribution in [0.4, 0.5) is 13.2 Å². The Bertz CT molecular complexity index is 931. The van der Waals surface area contributed by atoms with Gasteiger partial charge in [0.25, 0.3) is 5.56 Å². The number of hydrogen-bond donors (Lipinski definition) is 0. The Balaban J connectivity index is 1.85. The Morgan fingerprint density at radius 2 is 1.88 bits per heavy atom. The second-order valence-corrected chi connectivity index (χ2v) is 5.29. The smallest absolute Gasteiger partial charge is 0.416 e. The van der Waals surface area contributed by atoms with Crippen LogP contribution in [-0.4, -0.2) is 9.38 Å². The maximum Gasteiger partial charge on any atom is 0.416 e. The minimum absolute atomic E-state index is 0.0711. The van der Waals surface area contributed by atoms with Crippen LogP contribution in [0.5, 0.6) is 5.75 Å². The first-order valence-corrected chi connectivity index (χ1v) is 7.12. The lowest BCUT2D eigenvalue weighted by molar-refractivity contribution is -0.137. The number of benzene rings is 1. The van der Waals surface area contributed by atoms with Crippen molar-refractivity contribution >= 4 is 5.65 Å². The molecule has 0 N–H and O–H groups in total. The molecule has 124 valence electrons. The molecule has 0 aliphatic rings. The Labute approximate surface area is 135 Å². The summed E-state index contributed by atoms with van der Waals surface area (Å²) in [4.78, 5) is 16.2. The normalized spacial score (nSPS) is 11.7. The van der Waals surface area contributed by atoms with Gasteiger partial charge in [-0.3, -0.25) is 9.20 Å². The summed E-state index contributed by atoms with van der Waals surface area (Å²) in [6, 6.07) is 9.45. The van der Waals surface area contributed by atoms with Crippen molar-refractivity contribution in [2.75, 3.05) is 0 Å². The van der Waals surface area contributed by atoms with Gasteiger partial charge in [0.15, 0.2) is 11.4 Å². The van der Waals surface area contributed by atoms with Crippen molar-refractivity contribution < 1.29 is 17.9 Å². The highest BCUT2D eigenvalue weighted by molar-refractivity contribution is 5.53. The molecule has 2 heterocycles. The van der Waals surface area contributed by atoms with E-state index in [1.165, 1.54) is 22.6 Å². The number of fused-ring (bicyclic) bond motifs is 1. The number of ether oxygens (including phenoxy) is 1. The van der Waals surface area contributed by atoms with Gasteiger partial charge in [0, 0.05) is 18.0 Å². The first-order valence-electron chi connectivity index (χ1n) is 7.12. The fraction of sp³-hybridized carbons (Fsp3) is 0.176. The van der Waals surface area contributed by atoms with Crippen molar-refractivity contribution in [1.29, 1.82) is 0 Å². The first kappa shape index (κ1) is 16.0. The van der Waals surface area contributed by atoms with Crippen molar-refractivity contribution in [3.8, 4) is 5.75 Å². The quantitative estimate of drug-likeness (QED) is 0.735. The molecule has 0 unspecified atom stereocenters. The molecule has 7 heteroatoms. The molecule has 3 rings (SSSR count). The number of aromatic nitrogens is 2. The molecule has 1 aromatic carbocycles. The van der Waals surface area contributed by atoms with E-state index in [1.54, 1.807) is 25.3 Å². The lowest BCUT2D eigenvalue weighted by Crippen LogP contribution is -2.15. The number of aryl methyl sites for hydroxylation is 1. The highest BCUT2D eigenvalue weighted by Crippen LogP contribution is 2.29. The van der Waals surface area contributed by atoms with Gasteiger partial charge in [-0.15, -0.1) is 0 Å². The van der Waals surface area contributed by atoms with Crippen molar-refractivity contribution in [3.05, 3.63) is 75.8 Å². The summed E-state index contributed by atoms with van der Waals surface area (Å²) < 4.78 is 44.6. The van der Waals surface area contributed by atoms with Gasteiger partial charge in [0.05, 0.1) is 5.56 Å². The monoisotopic (exact) mass is 334 g/mol. The van der Waals surface area contributed by atoms with Gasteiger partial charge in [0.2, 0.25) is 0 Å². The summed E-state index contributed by atoms with van der Waals surface area (Å²) in [6.07, 6.45) is -2.78. The molecule has 0 bridgehead atoms. The van der Waals surface area contributed by atoms with Gasteiger partial charge in [-0.25, -0.2) is 4.98 Å². The van der Waals surface area contributed by atoms with Crippen molar-refractivity contribution in [3.63, 3.8) is 0 Å². The predicted octanol–water partition coefficient (Wildman–Crippen LogP) is 3.60. The number of hydrogen-bond acceptors (Lipinski definition) is 3. The second kappa shape index (κ2) is 5.99. The molecule has 0 aliphatic heterocycles. The van der Waals surface area contributed by atoms with Crippen LogP contribution in [-0.2, 0) is 12.8 Å². The van der Waals surface area contributed by atoms with Crippen LogP contribution < -0.4 is 10.3 Å². The molecule has 0 fully saturated rings. The standard InChI is InChI=1S/C17H13F3N2O2/c1-11-9-15(23)22-8-2-3-14(16(22)21-11)24-10-12-4-6-13(7-5-12)17(18,19)20/h2-9H,10H2,1H3. The topological polar surface area (TPSA) is 43.6 Å². The van der Waals surface area contributed by atoms with Gasteiger partial charge < -0.3 is 4.74 Å². The fourth-order valence-electron chi connectivity index (χ4n) is 2.28. The molecule has 3 aromatic rings. The van der Waals surface area contributed by atoms with Crippen LogP contribution in [0.15, 0.2) is 53.5 Å². The molecule has 0 spiro atoms. The fourth-order valence-corrected chi connectivity index (χ4v) is 2.28. The molecule has 0 aliphatic carbocycles. The molecular weight excluding hydrogens is 321 g/mol. The highest BCUT2D eigenvalue weighted by Gasteiger charge is 2.29. The molecule has 0 atom stereocenters. The van der Waals surface area contributed by atoms with Crippen LogP contribution in [0.2, 0.25) is 0 Å². The van der Waals surface area contributed by atoms with Crippen LogP contribution in [0.25, 0.3) is 5.65 Å². The molecule has 0 saturated carbocycles. The molecule has 24 heavy (non-hydrogen) atoms. The second-order valence-electron chi connectivity index (χ2n) is 5.29. The zero-order chi connectivity index (χ0) is 17.3. The molecular formula is C17H13F3N2O2. The Hall–Kier alpha value is -2.83. The van der Waals surface area contributed by atoms with Gasteiger partial charge in [-0.2, -0.15) is 13.2 Å². The van der Waals surface area contributed by atoms with Crippen molar-refractivity contribution in [1.82, 2.24) is 9.38 Å². The van der Waals surface area contributed by atoms with E-state index in [2.05, 4.69) is 4.98 Å². The number of rotatable bonds is 3. The maximum atomic E-state index is 12.5. The zero-order valence-electron chi connectivity index (χ0n) is 12.7. The lowest BCUT2D eigenvalue weighted by Gasteiger charge is -2.11. The molecule has 0 saturated heterocycles. The van der Waals surface area contributed by atoms with Gasteiger partial charge in [-0.1, -0.05) is 12.1 Å². The van der Waals surface area contributed by atoms with Crippen molar-refractivity contribution in [2.45, 2.75) is 19.7 Å². The molecule has 2 aromatic heterocycles. The van der Waals surface area contributed by atoms with E-state index in [9.17, 15) is 18.0 Å². The minimum atomic E-state index is -4.36. The number of halogens is 3. The third kappa shape index (κ3) is 3.24. The third-order valence-corrected chi connectivity index (χ3v) is 3.46. The van der Waals surface area contributed by atoms with Crippen LogP contribution in [0.1, 0.15) is 16.8 Å². The largest absolute Gasteiger partial charge is 0.485 e. The summed E-state index contributed by atoms with van der Waals surface area (Å²) in [5, 5.41) is 0. The van der Waals surface area contributed by atoms with Crippen LogP contribution >= 0.6 is 0 Å². The summed E-state index contributed by atoms with van der Waals surface area (Å²) in [7, 11) is 0. The van der Waals surface area contributed by atoms with E-state index in [0.29, 0.717) is 22.7 Å². The van der Waals surface area contributed by atoms with E-state index >= 15 is 0 Å². The zero-order valence-corrected chi connectivity index (χ0v) is 12.7. The summed E-state index contributed by atoms with van der Waals surface area (Å²) >= 11 is 0. The molecule has 4 nitrogen and oxygen atoms in total. The average molecular weight is 334 g/mol. The first-order chi connectivity index (χ1) is 11.3. The van der Waals surface area contributed by atoms with E-state index < -0.39 is 11.7 Å². The SMILES string of the molecule is Cc1cc(=O)n2cccc(OCc3ccc(C(F)(F)F)cc3)c2n1. The molecule has 0 amide bonds. The highest BCUT2D eigenvalue weighted by atomic mass is 19.4. The number of alkyl halides is 3. The van der Waals surface area contributed by atoms with Crippen molar-refractivity contribution in [2.24, 2.45) is 0 Å². The van der Waals surface area contributed by atoms with Gasteiger partial charge >= 0.3 is 6.18 Å². The molecule has 0 radical (unpaired) electrons. The third-order valence-electron chi connectivity index (χ3n) is 3.46. The predicted molar refractivity (Wildman–Crippen MR) is 82.0 cm³/mol. The Morgan fingerprint density at radius 1 is 1.17 bits per heavy atom. The Kier molecular flexibility index (Phi) is 4.01. The summed E-state index contributed by atoms with van der Waals surface area (Å²) in [5.41, 5.74) is 0.581. The average Bonchev–Trinajstić information content (AvgIpc) is 2.52. The Morgan fingerprint density at radius 3 is 2.54 bits per heavy atom. The van der Waals surface area contributed by atoms with E-state index in [0.717, 1.165) is 12.1 Å². The van der Waals surface area contributed by atoms with Gasteiger partial charge in [-0.05, 0) is 36.8 Å². The van der Waals surface area contributed by atoms with E-state index in [-0.39, 0.29) is 12.2 Å².